The zero-order chi connectivity index (χ0) is 8.97. The minimum absolute atomic E-state index is 0.0650. The molecule has 0 heterocycles. The van der Waals surface area contributed by atoms with Crippen LogP contribution >= 0.6 is 12.6 Å². The molecule has 0 aliphatic heterocycles. The second-order valence-corrected chi connectivity index (χ2v) is 2.95. The molecule has 0 aliphatic carbocycles. The summed E-state index contributed by atoms with van der Waals surface area (Å²) in [5, 5.41) is 8.89. The van der Waals surface area contributed by atoms with E-state index in [2.05, 4.69) is 12.6 Å². The summed E-state index contributed by atoms with van der Waals surface area (Å²) >= 11 is 4.03. The number of benzene rings is 1. The molecule has 1 unspecified atom stereocenters. The van der Waals surface area contributed by atoms with Crippen LogP contribution in [0.25, 0.3) is 0 Å². The van der Waals surface area contributed by atoms with Gasteiger partial charge >= 0.3 is 0 Å². The van der Waals surface area contributed by atoms with E-state index in [1.165, 1.54) is 6.07 Å². The van der Waals surface area contributed by atoms with E-state index in [0.717, 1.165) is 0 Å². The molecule has 12 heavy (non-hydrogen) atoms. The summed E-state index contributed by atoms with van der Waals surface area (Å²) in [6, 6.07) is 6.45. The fourth-order valence-corrected chi connectivity index (χ4v) is 1.37. The van der Waals surface area contributed by atoms with Gasteiger partial charge < -0.3 is 5.11 Å². The van der Waals surface area contributed by atoms with Gasteiger partial charge in [0.05, 0.1) is 6.61 Å². The quantitative estimate of drug-likeness (QED) is 0.690. The average molecular weight is 186 g/mol. The van der Waals surface area contributed by atoms with Crippen molar-refractivity contribution in [3.8, 4) is 0 Å². The molecular weight excluding hydrogens is 175 g/mol. The number of halogens is 1. The molecule has 3 heteroatoms. The summed E-state index contributed by atoms with van der Waals surface area (Å²) < 4.78 is 13.1. The van der Waals surface area contributed by atoms with Crippen LogP contribution in [0.15, 0.2) is 24.3 Å². The fourth-order valence-electron chi connectivity index (χ4n) is 1.06. The molecule has 0 spiro atoms. The third kappa shape index (κ3) is 1.99. The van der Waals surface area contributed by atoms with Crippen LogP contribution in [0.4, 0.5) is 4.39 Å². The van der Waals surface area contributed by atoms with Crippen molar-refractivity contribution in [1.82, 2.24) is 0 Å². The molecule has 0 radical (unpaired) electrons. The Morgan fingerprint density at radius 3 is 2.58 bits per heavy atom. The normalized spacial score (nSPS) is 12.9. The fraction of sp³-hybridized carbons (Fsp3) is 0.333. The molecule has 1 nitrogen and oxygen atoms in total. The number of aliphatic hydroxyl groups is 1. The lowest BCUT2D eigenvalue weighted by molar-refractivity contribution is 0.272. The van der Waals surface area contributed by atoms with E-state index in [9.17, 15) is 4.39 Å². The SMILES string of the molecule is OCC(CS)c1ccccc1F. The van der Waals surface area contributed by atoms with E-state index >= 15 is 0 Å². The molecule has 1 aromatic carbocycles. The molecular formula is C9H11FOS. The molecule has 0 amide bonds. The zero-order valence-corrected chi connectivity index (χ0v) is 7.47. The summed E-state index contributed by atoms with van der Waals surface area (Å²) in [7, 11) is 0. The van der Waals surface area contributed by atoms with Gasteiger partial charge in [0.25, 0.3) is 0 Å². The second kappa shape index (κ2) is 4.48. The van der Waals surface area contributed by atoms with Crippen LogP contribution < -0.4 is 0 Å². The molecule has 0 saturated heterocycles. The Bertz CT molecular complexity index is 248. The van der Waals surface area contributed by atoms with Gasteiger partial charge in [-0.2, -0.15) is 12.6 Å². The van der Waals surface area contributed by atoms with Crippen LogP contribution in [-0.4, -0.2) is 17.5 Å². The van der Waals surface area contributed by atoms with Gasteiger partial charge in [-0.25, -0.2) is 4.39 Å². The molecule has 66 valence electrons. The first-order chi connectivity index (χ1) is 5.79. The Morgan fingerprint density at radius 1 is 1.42 bits per heavy atom. The van der Waals surface area contributed by atoms with Gasteiger partial charge in [0.1, 0.15) is 5.82 Å². The number of hydrogen-bond acceptors (Lipinski definition) is 2. The molecule has 1 N–H and O–H groups in total. The molecule has 0 aliphatic rings. The maximum atomic E-state index is 13.1. The van der Waals surface area contributed by atoms with E-state index in [1.807, 2.05) is 0 Å². The first-order valence-corrected chi connectivity index (χ1v) is 4.39. The highest BCUT2D eigenvalue weighted by molar-refractivity contribution is 7.80. The highest BCUT2D eigenvalue weighted by Crippen LogP contribution is 2.19. The highest BCUT2D eigenvalue weighted by atomic mass is 32.1. The van der Waals surface area contributed by atoms with Gasteiger partial charge in [0.15, 0.2) is 0 Å². The number of hydrogen-bond donors (Lipinski definition) is 2. The van der Waals surface area contributed by atoms with Crippen molar-refractivity contribution in [3.63, 3.8) is 0 Å². The summed E-state index contributed by atoms with van der Waals surface area (Å²) in [5.41, 5.74) is 0.537. The van der Waals surface area contributed by atoms with Crippen molar-refractivity contribution in [2.45, 2.75) is 5.92 Å². The summed E-state index contributed by atoms with van der Waals surface area (Å²) in [6.45, 7) is -0.0650. The minimum atomic E-state index is -0.273. The van der Waals surface area contributed by atoms with E-state index in [4.69, 9.17) is 5.11 Å². The van der Waals surface area contributed by atoms with Crippen LogP contribution in [0.5, 0.6) is 0 Å². The van der Waals surface area contributed by atoms with Gasteiger partial charge in [-0.3, -0.25) is 0 Å². The van der Waals surface area contributed by atoms with Crippen molar-refractivity contribution in [3.05, 3.63) is 35.6 Å². The Labute approximate surface area is 76.6 Å². The van der Waals surface area contributed by atoms with Crippen LogP contribution in [0.2, 0.25) is 0 Å². The maximum absolute atomic E-state index is 13.1. The minimum Gasteiger partial charge on any atom is -0.396 e. The lowest BCUT2D eigenvalue weighted by Crippen LogP contribution is -2.07. The Morgan fingerprint density at radius 2 is 2.08 bits per heavy atom. The number of thiol groups is 1. The van der Waals surface area contributed by atoms with Crippen LogP contribution in [0.3, 0.4) is 0 Å². The summed E-state index contributed by atoms with van der Waals surface area (Å²) in [5.74, 6) is -0.0163. The van der Waals surface area contributed by atoms with Gasteiger partial charge in [0.2, 0.25) is 0 Å². The number of aliphatic hydroxyl groups excluding tert-OH is 1. The predicted octanol–water partition coefficient (Wildman–Crippen LogP) is 1.83. The Kier molecular flexibility index (Phi) is 3.56. The summed E-state index contributed by atoms with van der Waals surface area (Å²) in [4.78, 5) is 0. The third-order valence-corrected chi connectivity index (χ3v) is 2.23. The second-order valence-electron chi connectivity index (χ2n) is 2.58. The molecule has 1 aromatic rings. The highest BCUT2D eigenvalue weighted by Gasteiger charge is 2.11. The average Bonchev–Trinajstić information content (AvgIpc) is 2.10. The van der Waals surface area contributed by atoms with Crippen molar-refractivity contribution >= 4 is 12.6 Å². The standard InChI is InChI=1S/C9H11FOS/c10-9-4-2-1-3-8(9)7(5-11)6-12/h1-4,7,11-12H,5-6H2. The third-order valence-electron chi connectivity index (χ3n) is 1.79. The number of rotatable bonds is 3. The van der Waals surface area contributed by atoms with Gasteiger partial charge in [0, 0.05) is 5.92 Å². The monoisotopic (exact) mass is 186 g/mol. The maximum Gasteiger partial charge on any atom is 0.126 e. The van der Waals surface area contributed by atoms with Crippen molar-refractivity contribution in [2.24, 2.45) is 0 Å². The smallest absolute Gasteiger partial charge is 0.126 e. The van der Waals surface area contributed by atoms with E-state index in [0.29, 0.717) is 11.3 Å². The van der Waals surface area contributed by atoms with Crippen molar-refractivity contribution in [2.75, 3.05) is 12.4 Å². The predicted molar refractivity (Wildman–Crippen MR) is 50.1 cm³/mol. The van der Waals surface area contributed by atoms with Crippen molar-refractivity contribution < 1.29 is 9.50 Å². The topological polar surface area (TPSA) is 20.2 Å². The van der Waals surface area contributed by atoms with Gasteiger partial charge in [-0.15, -0.1) is 0 Å². The van der Waals surface area contributed by atoms with E-state index in [-0.39, 0.29) is 18.3 Å². The van der Waals surface area contributed by atoms with Crippen LogP contribution in [0.1, 0.15) is 11.5 Å². The lowest BCUT2D eigenvalue weighted by Gasteiger charge is -2.11. The molecule has 0 fully saturated rings. The molecule has 1 rings (SSSR count). The van der Waals surface area contributed by atoms with Gasteiger partial charge in [-0.1, -0.05) is 18.2 Å². The largest absolute Gasteiger partial charge is 0.396 e. The first-order valence-electron chi connectivity index (χ1n) is 3.75. The lowest BCUT2D eigenvalue weighted by atomic mass is 10.0. The van der Waals surface area contributed by atoms with E-state index in [1.54, 1.807) is 18.2 Å². The van der Waals surface area contributed by atoms with Crippen LogP contribution in [-0.2, 0) is 0 Å². The molecule has 1 atom stereocenters. The molecule has 0 saturated carbocycles. The van der Waals surface area contributed by atoms with Crippen LogP contribution in [0, 0.1) is 5.82 Å². The Balaban J connectivity index is 2.92. The first kappa shape index (κ1) is 9.55. The molecule has 0 bridgehead atoms. The summed E-state index contributed by atoms with van der Waals surface area (Å²) in [6.07, 6.45) is 0. The van der Waals surface area contributed by atoms with Crippen molar-refractivity contribution in [1.29, 1.82) is 0 Å². The van der Waals surface area contributed by atoms with Gasteiger partial charge in [-0.05, 0) is 17.4 Å². The Hall–Kier alpha value is -0.540. The zero-order valence-electron chi connectivity index (χ0n) is 6.57. The molecule has 0 aromatic heterocycles. The van der Waals surface area contributed by atoms with E-state index < -0.39 is 0 Å².